The van der Waals surface area contributed by atoms with Crippen molar-refractivity contribution in [2.75, 3.05) is 19.8 Å². The first-order valence-electron chi connectivity index (χ1n) is 7.07. The molecule has 0 spiro atoms. The molecule has 6 heteroatoms. The van der Waals surface area contributed by atoms with Crippen LogP contribution in [0, 0.1) is 0 Å². The highest BCUT2D eigenvalue weighted by atomic mass is 16.6. The van der Waals surface area contributed by atoms with Gasteiger partial charge in [0.05, 0.1) is 5.56 Å². The van der Waals surface area contributed by atoms with E-state index in [-0.39, 0.29) is 12.3 Å². The van der Waals surface area contributed by atoms with Crippen LogP contribution in [-0.4, -0.2) is 36.7 Å². The molecule has 6 nitrogen and oxygen atoms in total. The molecule has 1 amide bonds. The molecule has 0 aliphatic carbocycles. The number of rotatable bonds is 7. The summed E-state index contributed by atoms with van der Waals surface area (Å²) in [6.45, 7) is 1.44. The molecule has 1 heterocycles. The van der Waals surface area contributed by atoms with Crippen LogP contribution in [-0.2, 0) is 4.79 Å². The Morgan fingerprint density at radius 3 is 2.76 bits per heavy atom. The molecule has 0 fully saturated rings. The topological polar surface area (TPSA) is 84.9 Å². The van der Waals surface area contributed by atoms with Gasteiger partial charge in [0, 0.05) is 13.0 Å². The summed E-state index contributed by atoms with van der Waals surface area (Å²) in [5, 5.41) is 11.3. The fraction of sp³-hybridized carbons (Fsp3) is 0.467. The van der Waals surface area contributed by atoms with Crippen LogP contribution in [0.5, 0.6) is 11.5 Å². The van der Waals surface area contributed by atoms with Gasteiger partial charge in [0.25, 0.3) is 5.91 Å². The quantitative estimate of drug-likeness (QED) is 0.749. The molecule has 21 heavy (non-hydrogen) atoms. The Balaban J connectivity index is 1.80. The fourth-order valence-electron chi connectivity index (χ4n) is 2.13. The van der Waals surface area contributed by atoms with Crippen molar-refractivity contribution >= 4 is 11.9 Å². The first kappa shape index (κ1) is 15.2. The van der Waals surface area contributed by atoms with E-state index in [2.05, 4.69) is 5.32 Å². The van der Waals surface area contributed by atoms with E-state index in [4.69, 9.17) is 14.6 Å². The molecule has 2 N–H and O–H groups in total. The maximum Gasteiger partial charge on any atom is 0.303 e. The number of hydrogen-bond acceptors (Lipinski definition) is 4. The molecular weight excluding hydrogens is 274 g/mol. The van der Waals surface area contributed by atoms with Gasteiger partial charge >= 0.3 is 5.97 Å². The molecule has 0 aromatic heterocycles. The number of nitrogens with one attached hydrogen (secondary N) is 1. The van der Waals surface area contributed by atoms with Gasteiger partial charge in [-0.2, -0.15) is 0 Å². The van der Waals surface area contributed by atoms with Crippen LogP contribution in [0.25, 0.3) is 0 Å². The van der Waals surface area contributed by atoms with Crippen molar-refractivity contribution in [3.05, 3.63) is 23.8 Å². The zero-order valence-corrected chi connectivity index (χ0v) is 11.8. The highest BCUT2D eigenvalue weighted by Crippen LogP contribution is 2.33. The number of fused-ring (bicyclic) bond motifs is 1. The zero-order chi connectivity index (χ0) is 15.1. The maximum atomic E-state index is 12.1. The number of carbonyl (C=O) groups is 2. The van der Waals surface area contributed by atoms with E-state index in [9.17, 15) is 9.59 Å². The van der Waals surface area contributed by atoms with Crippen LogP contribution in [0.15, 0.2) is 18.2 Å². The number of aliphatic carboxylic acids is 1. The van der Waals surface area contributed by atoms with Gasteiger partial charge in [-0.1, -0.05) is 12.5 Å². The smallest absolute Gasteiger partial charge is 0.303 e. The number of carbonyl (C=O) groups excluding carboxylic acids is 1. The first-order valence-corrected chi connectivity index (χ1v) is 7.07. The van der Waals surface area contributed by atoms with Crippen LogP contribution in [0.3, 0.4) is 0 Å². The van der Waals surface area contributed by atoms with Gasteiger partial charge in [-0.25, -0.2) is 0 Å². The van der Waals surface area contributed by atoms with Gasteiger partial charge in [-0.05, 0) is 25.0 Å². The first-order chi connectivity index (χ1) is 10.2. The normalized spacial score (nSPS) is 12.8. The Labute approximate surface area is 123 Å². The molecule has 1 aliphatic rings. The third kappa shape index (κ3) is 4.37. The van der Waals surface area contributed by atoms with E-state index < -0.39 is 5.97 Å². The van der Waals surface area contributed by atoms with E-state index >= 15 is 0 Å². The Morgan fingerprint density at radius 1 is 1.14 bits per heavy atom. The molecule has 1 aromatic carbocycles. The van der Waals surface area contributed by atoms with Crippen molar-refractivity contribution < 1.29 is 24.2 Å². The number of amides is 1. The number of carboxylic acid groups (broad SMARTS) is 1. The van der Waals surface area contributed by atoms with E-state index in [1.54, 1.807) is 18.2 Å². The fourth-order valence-corrected chi connectivity index (χ4v) is 2.13. The third-order valence-corrected chi connectivity index (χ3v) is 3.16. The third-order valence-electron chi connectivity index (χ3n) is 3.16. The van der Waals surface area contributed by atoms with Gasteiger partial charge in [-0.15, -0.1) is 0 Å². The minimum atomic E-state index is -0.785. The number of para-hydroxylation sites is 1. The number of ether oxygens (including phenoxy) is 2. The van der Waals surface area contributed by atoms with Gasteiger partial charge in [0.2, 0.25) is 0 Å². The Kier molecular flexibility index (Phi) is 5.43. The van der Waals surface area contributed by atoms with Gasteiger partial charge < -0.3 is 19.9 Å². The molecule has 1 aliphatic heterocycles. The Hall–Kier alpha value is -2.24. The van der Waals surface area contributed by atoms with Crippen molar-refractivity contribution in [3.63, 3.8) is 0 Å². The minimum Gasteiger partial charge on any atom is -0.486 e. The predicted molar refractivity (Wildman–Crippen MR) is 75.9 cm³/mol. The lowest BCUT2D eigenvalue weighted by molar-refractivity contribution is -0.137. The van der Waals surface area contributed by atoms with Crippen LogP contribution < -0.4 is 14.8 Å². The van der Waals surface area contributed by atoms with Crippen molar-refractivity contribution in [3.8, 4) is 11.5 Å². The molecule has 2 rings (SSSR count). The lowest BCUT2D eigenvalue weighted by Crippen LogP contribution is -2.26. The summed E-state index contributed by atoms with van der Waals surface area (Å²) in [6, 6.07) is 5.24. The minimum absolute atomic E-state index is 0.172. The number of hydrogen-bond donors (Lipinski definition) is 2. The Morgan fingerprint density at radius 2 is 1.95 bits per heavy atom. The van der Waals surface area contributed by atoms with Crippen molar-refractivity contribution in [1.82, 2.24) is 5.32 Å². The molecular formula is C15H19NO5. The molecule has 1 aromatic rings. The monoisotopic (exact) mass is 293 g/mol. The molecule has 0 unspecified atom stereocenters. The number of unbranched alkanes of at least 4 members (excludes halogenated alkanes) is 2. The van der Waals surface area contributed by atoms with Crippen LogP contribution >= 0.6 is 0 Å². The molecule has 0 saturated carbocycles. The maximum absolute atomic E-state index is 12.1. The Bertz CT molecular complexity index is 515. The standard InChI is InChI=1S/C15H19NO5/c17-13(18)7-2-1-3-8-16-15(19)11-5-4-6-12-14(11)21-10-9-20-12/h4-6H,1-3,7-10H2,(H,16,19)(H,17,18). The van der Waals surface area contributed by atoms with Crippen LogP contribution in [0.1, 0.15) is 36.0 Å². The second-order valence-electron chi connectivity index (χ2n) is 4.79. The van der Waals surface area contributed by atoms with E-state index in [0.717, 1.165) is 12.8 Å². The summed E-state index contributed by atoms with van der Waals surface area (Å²) >= 11 is 0. The van der Waals surface area contributed by atoms with Crippen LogP contribution in [0.2, 0.25) is 0 Å². The summed E-state index contributed by atoms with van der Waals surface area (Å²) in [5.74, 6) is 0.102. The van der Waals surface area contributed by atoms with Gasteiger partial charge in [0.1, 0.15) is 13.2 Å². The van der Waals surface area contributed by atoms with Crippen LogP contribution in [0.4, 0.5) is 0 Å². The summed E-state index contributed by atoms with van der Waals surface area (Å²) in [5.41, 5.74) is 0.470. The lowest BCUT2D eigenvalue weighted by atomic mass is 10.1. The second-order valence-corrected chi connectivity index (χ2v) is 4.79. The highest BCUT2D eigenvalue weighted by Gasteiger charge is 2.19. The SMILES string of the molecule is O=C(O)CCCCCNC(=O)c1cccc2c1OCCO2. The molecule has 0 radical (unpaired) electrons. The number of carboxylic acids is 1. The van der Waals surface area contributed by atoms with Crippen molar-refractivity contribution in [2.24, 2.45) is 0 Å². The van der Waals surface area contributed by atoms with Crippen molar-refractivity contribution in [1.29, 1.82) is 0 Å². The molecule has 0 bridgehead atoms. The van der Waals surface area contributed by atoms with E-state index in [1.807, 2.05) is 0 Å². The summed E-state index contributed by atoms with van der Waals surface area (Å²) in [7, 11) is 0. The van der Waals surface area contributed by atoms with E-state index in [0.29, 0.717) is 43.2 Å². The average molecular weight is 293 g/mol. The molecule has 114 valence electrons. The zero-order valence-electron chi connectivity index (χ0n) is 11.8. The second kappa shape index (κ2) is 7.52. The predicted octanol–water partition coefficient (Wildman–Crippen LogP) is 1.83. The number of benzene rings is 1. The van der Waals surface area contributed by atoms with Gasteiger partial charge in [0.15, 0.2) is 11.5 Å². The van der Waals surface area contributed by atoms with Gasteiger partial charge in [-0.3, -0.25) is 9.59 Å². The molecule has 0 atom stereocenters. The van der Waals surface area contributed by atoms with E-state index in [1.165, 1.54) is 0 Å². The summed E-state index contributed by atoms with van der Waals surface area (Å²) in [4.78, 5) is 22.5. The largest absolute Gasteiger partial charge is 0.486 e. The lowest BCUT2D eigenvalue weighted by Gasteiger charge is -2.20. The average Bonchev–Trinajstić information content (AvgIpc) is 2.49. The summed E-state index contributed by atoms with van der Waals surface area (Å²) < 4.78 is 10.9. The summed E-state index contributed by atoms with van der Waals surface area (Å²) in [6.07, 6.45) is 2.33. The molecule has 0 saturated heterocycles. The van der Waals surface area contributed by atoms with Crippen molar-refractivity contribution in [2.45, 2.75) is 25.7 Å². The highest BCUT2D eigenvalue weighted by molar-refractivity contribution is 5.97.